The molecular formula is C28H30N8O2. The van der Waals surface area contributed by atoms with E-state index in [1.165, 1.54) is 0 Å². The molecule has 1 fully saturated rings. The van der Waals surface area contributed by atoms with Crippen molar-refractivity contribution in [1.82, 2.24) is 29.8 Å². The normalized spacial score (nSPS) is 16.1. The number of aromatic nitrogens is 5. The van der Waals surface area contributed by atoms with Gasteiger partial charge < -0.3 is 30.0 Å². The van der Waals surface area contributed by atoms with Crippen LogP contribution in [0.3, 0.4) is 0 Å². The quantitative estimate of drug-likeness (QED) is 0.240. The lowest BCUT2D eigenvalue weighted by Crippen LogP contribution is -2.45. The molecule has 1 aromatic carbocycles. The van der Waals surface area contributed by atoms with E-state index in [0.717, 1.165) is 28.8 Å². The van der Waals surface area contributed by atoms with Crippen molar-refractivity contribution in [1.29, 1.82) is 5.41 Å². The van der Waals surface area contributed by atoms with Crippen LogP contribution in [0.1, 0.15) is 12.5 Å². The maximum absolute atomic E-state index is 9.56. The van der Waals surface area contributed by atoms with Gasteiger partial charge in [0.2, 0.25) is 0 Å². The van der Waals surface area contributed by atoms with E-state index in [2.05, 4.69) is 26.7 Å². The number of hydrogen-bond acceptors (Lipinski definition) is 9. The number of allylic oxidation sites excluding steroid dienone is 1. The zero-order valence-electron chi connectivity index (χ0n) is 21.4. The maximum Gasteiger partial charge on any atom is 0.166 e. The van der Waals surface area contributed by atoms with Gasteiger partial charge in [0.15, 0.2) is 22.8 Å². The summed E-state index contributed by atoms with van der Waals surface area (Å²) in [5.41, 5.74) is 4.27. The largest absolute Gasteiger partial charge is 0.516 e. The van der Waals surface area contributed by atoms with Crippen LogP contribution in [0.5, 0.6) is 0 Å². The van der Waals surface area contributed by atoms with Crippen LogP contribution in [-0.2, 0) is 11.3 Å². The van der Waals surface area contributed by atoms with Crippen molar-refractivity contribution in [3.63, 3.8) is 0 Å². The summed E-state index contributed by atoms with van der Waals surface area (Å²) < 4.78 is 7.77. The lowest BCUT2D eigenvalue weighted by Gasteiger charge is -2.34. The summed E-state index contributed by atoms with van der Waals surface area (Å²) in [5.74, 6) is 2.00. The van der Waals surface area contributed by atoms with E-state index in [4.69, 9.17) is 25.1 Å². The predicted molar refractivity (Wildman–Crippen MR) is 148 cm³/mol. The summed E-state index contributed by atoms with van der Waals surface area (Å²) in [5, 5.41) is 20.9. The Hall–Kier alpha value is -4.57. The Kier molecular flexibility index (Phi) is 7.41. The van der Waals surface area contributed by atoms with Crippen molar-refractivity contribution in [2.24, 2.45) is 0 Å². The van der Waals surface area contributed by atoms with Crippen molar-refractivity contribution in [3.8, 4) is 22.8 Å². The van der Waals surface area contributed by atoms with E-state index < -0.39 is 0 Å². The highest BCUT2D eigenvalue weighted by Gasteiger charge is 2.28. The molecule has 3 aromatic heterocycles. The van der Waals surface area contributed by atoms with Crippen molar-refractivity contribution in [2.45, 2.75) is 19.5 Å². The molecule has 38 heavy (non-hydrogen) atoms. The van der Waals surface area contributed by atoms with E-state index in [9.17, 15) is 5.11 Å². The number of aliphatic hydroxyl groups excluding tert-OH is 1. The van der Waals surface area contributed by atoms with E-state index in [-0.39, 0.29) is 6.04 Å². The zero-order chi connectivity index (χ0) is 26.5. The molecule has 0 aliphatic carbocycles. The molecule has 0 spiro atoms. The number of anilines is 1. The average molecular weight is 511 g/mol. The van der Waals surface area contributed by atoms with Crippen molar-refractivity contribution in [2.75, 3.05) is 31.7 Å². The lowest BCUT2D eigenvalue weighted by atomic mass is 10.1. The fraction of sp³-hybridized carbons (Fsp3) is 0.250. The SMILES string of the molecule is CCn1c(-c2ccncc2)nc2c(N3CCOCC3/C=C/O)nc(-c3cccc(C(=N)/C=C\NC)c3)nc21. The first kappa shape index (κ1) is 25.1. The first-order chi connectivity index (χ1) is 18.6. The molecule has 4 aromatic rings. The van der Waals surface area contributed by atoms with Gasteiger partial charge in [0.25, 0.3) is 0 Å². The Labute approximate surface area is 220 Å². The van der Waals surface area contributed by atoms with E-state index >= 15 is 0 Å². The van der Waals surface area contributed by atoms with Crippen LogP contribution >= 0.6 is 0 Å². The molecule has 0 bridgehead atoms. The number of hydrogen-bond donors (Lipinski definition) is 3. The molecule has 0 saturated carbocycles. The standard InChI is InChI=1S/C28H30N8O2/c1-3-35-26(19-7-12-31-13-8-19)32-24-27(35)33-25(21-6-4-5-20(17-21)23(29)9-11-30-2)34-28(24)36-14-16-38-18-22(36)10-15-37/h4-13,15,17,22,29-30,37H,3,14,16,18H2,1-2H3/b11-9-,15-10+,29-23?. The minimum absolute atomic E-state index is 0.206. The summed E-state index contributed by atoms with van der Waals surface area (Å²) in [6.45, 7) is 4.27. The number of rotatable bonds is 8. The number of imidazole rings is 1. The minimum Gasteiger partial charge on any atom is -0.516 e. The maximum atomic E-state index is 9.56. The van der Waals surface area contributed by atoms with Gasteiger partial charge in [-0.3, -0.25) is 4.98 Å². The van der Waals surface area contributed by atoms with Crippen molar-refractivity contribution in [3.05, 3.63) is 79.0 Å². The van der Waals surface area contributed by atoms with Crippen LogP contribution in [0.2, 0.25) is 0 Å². The Morgan fingerprint density at radius 3 is 2.79 bits per heavy atom. The molecule has 0 radical (unpaired) electrons. The number of ether oxygens (including phenoxy) is 1. The van der Waals surface area contributed by atoms with Gasteiger partial charge >= 0.3 is 0 Å². The molecule has 3 N–H and O–H groups in total. The fourth-order valence-electron chi connectivity index (χ4n) is 4.57. The molecule has 1 atom stereocenters. The summed E-state index contributed by atoms with van der Waals surface area (Å²) in [4.78, 5) is 21.3. The highest BCUT2D eigenvalue weighted by Crippen LogP contribution is 2.33. The predicted octanol–water partition coefficient (Wildman–Crippen LogP) is 3.95. The topological polar surface area (TPSA) is 125 Å². The van der Waals surface area contributed by atoms with Gasteiger partial charge in [-0.2, -0.15) is 0 Å². The molecule has 10 nitrogen and oxygen atoms in total. The Bertz CT molecular complexity index is 1500. The Morgan fingerprint density at radius 1 is 1.18 bits per heavy atom. The van der Waals surface area contributed by atoms with Crippen LogP contribution in [0.15, 0.2) is 73.4 Å². The van der Waals surface area contributed by atoms with Crippen LogP contribution in [0.4, 0.5) is 5.82 Å². The van der Waals surface area contributed by atoms with E-state index in [1.807, 2.05) is 36.4 Å². The fourth-order valence-corrected chi connectivity index (χ4v) is 4.57. The smallest absolute Gasteiger partial charge is 0.166 e. The molecular weight excluding hydrogens is 480 g/mol. The van der Waals surface area contributed by atoms with Crippen LogP contribution < -0.4 is 10.2 Å². The molecule has 0 amide bonds. The second-order valence-electron chi connectivity index (χ2n) is 8.75. The first-order valence-electron chi connectivity index (χ1n) is 12.5. The summed E-state index contributed by atoms with van der Waals surface area (Å²) >= 11 is 0. The summed E-state index contributed by atoms with van der Waals surface area (Å²) in [6.07, 6.45) is 9.68. The number of benzene rings is 1. The number of pyridine rings is 1. The molecule has 1 saturated heterocycles. The zero-order valence-corrected chi connectivity index (χ0v) is 21.4. The van der Waals surface area contributed by atoms with E-state index in [0.29, 0.717) is 54.8 Å². The van der Waals surface area contributed by atoms with Crippen LogP contribution in [0, 0.1) is 5.41 Å². The highest BCUT2D eigenvalue weighted by molar-refractivity contribution is 6.07. The third-order valence-electron chi connectivity index (χ3n) is 6.43. The third kappa shape index (κ3) is 4.85. The molecule has 4 heterocycles. The van der Waals surface area contributed by atoms with Gasteiger partial charge in [0.05, 0.1) is 31.2 Å². The second-order valence-corrected chi connectivity index (χ2v) is 8.75. The van der Waals surface area contributed by atoms with Crippen LogP contribution in [-0.4, -0.2) is 68.2 Å². The monoisotopic (exact) mass is 510 g/mol. The van der Waals surface area contributed by atoms with Gasteiger partial charge in [0.1, 0.15) is 5.82 Å². The lowest BCUT2D eigenvalue weighted by molar-refractivity contribution is 0.105. The Morgan fingerprint density at radius 2 is 2.03 bits per heavy atom. The number of nitrogens with zero attached hydrogens (tertiary/aromatic N) is 6. The number of morpholine rings is 1. The van der Waals surface area contributed by atoms with Crippen molar-refractivity contribution >= 4 is 22.7 Å². The molecule has 1 unspecified atom stereocenters. The number of nitrogens with one attached hydrogen (secondary N) is 2. The molecule has 10 heteroatoms. The number of fused-ring (bicyclic) bond motifs is 1. The Balaban J connectivity index is 1.73. The molecule has 5 rings (SSSR count). The third-order valence-corrected chi connectivity index (χ3v) is 6.43. The highest BCUT2D eigenvalue weighted by atomic mass is 16.5. The van der Waals surface area contributed by atoms with Gasteiger partial charge in [-0.1, -0.05) is 18.2 Å². The second kappa shape index (κ2) is 11.2. The minimum atomic E-state index is -0.206. The molecule has 1 aliphatic heterocycles. The summed E-state index contributed by atoms with van der Waals surface area (Å²) in [7, 11) is 1.80. The van der Waals surface area contributed by atoms with E-state index in [1.54, 1.807) is 37.8 Å². The number of aliphatic hydroxyl groups is 1. The van der Waals surface area contributed by atoms with Gasteiger partial charge in [-0.15, -0.1) is 0 Å². The van der Waals surface area contributed by atoms with Gasteiger partial charge in [-0.25, -0.2) is 15.0 Å². The van der Waals surface area contributed by atoms with Crippen LogP contribution in [0.25, 0.3) is 33.9 Å². The van der Waals surface area contributed by atoms with Gasteiger partial charge in [-0.05, 0) is 43.5 Å². The molecule has 194 valence electrons. The molecule has 1 aliphatic rings. The van der Waals surface area contributed by atoms with Gasteiger partial charge in [0, 0.05) is 49.2 Å². The summed E-state index contributed by atoms with van der Waals surface area (Å²) in [6, 6.07) is 11.3. The average Bonchev–Trinajstić information content (AvgIpc) is 3.35. The number of aryl methyl sites for hydroxylation is 1. The first-order valence-corrected chi connectivity index (χ1v) is 12.5. The van der Waals surface area contributed by atoms with Crippen molar-refractivity contribution < 1.29 is 9.84 Å².